The van der Waals surface area contributed by atoms with Gasteiger partial charge in [0.05, 0.1) is 0 Å². The Labute approximate surface area is 89.1 Å². The molecule has 15 heavy (non-hydrogen) atoms. The highest BCUT2D eigenvalue weighted by molar-refractivity contribution is 5.79. The highest BCUT2D eigenvalue weighted by atomic mass is 14.9. The minimum Gasteiger partial charge on any atom is -0.657 e. The zero-order valence-corrected chi connectivity index (χ0v) is 8.22. The van der Waals surface area contributed by atoms with Crippen molar-refractivity contribution in [2.75, 3.05) is 0 Å². The summed E-state index contributed by atoms with van der Waals surface area (Å²) < 4.78 is 0. The number of para-hydroxylation sites is 1. The van der Waals surface area contributed by atoms with Crippen LogP contribution in [0.4, 0.5) is 5.69 Å². The minimum absolute atomic E-state index is 1.04. The van der Waals surface area contributed by atoms with E-state index in [-0.39, 0.29) is 0 Å². The predicted octanol–water partition coefficient (Wildman–Crippen LogP) is 4.10. The molecule has 0 fully saturated rings. The first-order valence-corrected chi connectivity index (χ1v) is 5.01. The van der Waals surface area contributed by atoms with Crippen LogP contribution in [0.1, 0.15) is 5.56 Å². The molecule has 0 saturated heterocycles. The van der Waals surface area contributed by atoms with Gasteiger partial charge in [0, 0.05) is 0 Å². The van der Waals surface area contributed by atoms with Crippen molar-refractivity contribution in [1.29, 1.82) is 0 Å². The Hall–Kier alpha value is -2.02. The topological polar surface area (TPSA) is 14.1 Å². The molecule has 1 aromatic carbocycles. The van der Waals surface area contributed by atoms with Gasteiger partial charge in [-0.15, -0.1) is 11.4 Å². The summed E-state index contributed by atoms with van der Waals surface area (Å²) in [6.45, 7) is 0. The summed E-state index contributed by atoms with van der Waals surface area (Å²) in [6.07, 6.45) is 12.4. The lowest BCUT2D eigenvalue weighted by Gasteiger charge is -2.31. The summed E-state index contributed by atoms with van der Waals surface area (Å²) in [6, 6.07) is 8.18. The van der Waals surface area contributed by atoms with Gasteiger partial charge < -0.3 is 5.32 Å². The number of hydrogen-bond donors (Lipinski definition) is 0. The maximum Gasteiger partial charge on any atom is -0.0404 e. The van der Waals surface area contributed by atoms with E-state index in [1.54, 1.807) is 0 Å². The van der Waals surface area contributed by atoms with Crippen LogP contribution in [0, 0.1) is 0 Å². The molecule has 2 aliphatic rings. The van der Waals surface area contributed by atoms with E-state index in [0.717, 1.165) is 11.4 Å². The molecule has 0 N–H and O–H groups in total. The Morgan fingerprint density at radius 1 is 0.800 bits per heavy atom. The summed E-state index contributed by atoms with van der Waals surface area (Å²) in [5, 5.41) is 4.62. The monoisotopic (exact) mass is 192 g/mol. The van der Waals surface area contributed by atoms with Crippen molar-refractivity contribution >= 4 is 11.8 Å². The Morgan fingerprint density at radius 3 is 2.47 bits per heavy atom. The molecule has 0 amide bonds. The zero-order valence-electron chi connectivity index (χ0n) is 8.22. The highest BCUT2D eigenvalue weighted by Gasteiger charge is 1.99. The minimum atomic E-state index is 1.04. The van der Waals surface area contributed by atoms with Crippen LogP contribution in [-0.2, 0) is 0 Å². The van der Waals surface area contributed by atoms with E-state index in [0.29, 0.717) is 0 Å². The molecular formula is C14H10N-. The van der Waals surface area contributed by atoms with Crippen molar-refractivity contribution in [2.45, 2.75) is 0 Å². The van der Waals surface area contributed by atoms with Crippen molar-refractivity contribution in [3.05, 3.63) is 76.8 Å². The second-order valence-electron chi connectivity index (χ2n) is 3.56. The van der Waals surface area contributed by atoms with E-state index in [9.17, 15) is 0 Å². The van der Waals surface area contributed by atoms with Crippen molar-refractivity contribution < 1.29 is 0 Å². The molecule has 1 nitrogen and oxygen atoms in total. The summed E-state index contributed by atoms with van der Waals surface area (Å²) >= 11 is 0. The molecule has 1 aliphatic heterocycles. The molecule has 0 spiro atoms. The zero-order chi connectivity index (χ0) is 10.1. The third-order valence-corrected chi connectivity index (χ3v) is 2.56. The van der Waals surface area contributed by atoms with E-state index < -0.39 is 0 Å². The van der Waals surface area contributed by atoms with Crippen LogP contribution in [0.2, 0.25) is 0 Å². The van der Waals surface area contributed by atoms with Gasteiger partial charge >= 0.3 is 0 Å². The second-order valence-corrected chi connectivity index (χ2v) is 3.56. The first-order valence-electron chi connectivity index (χ1n) is 5.01. The van der Waals surface area contributed by atoms with Gasteiger partial charge in [-0.1, -0.05) is 60.7 Å². The van der Waals surface area contributed by atoms with Crippen LogP contribution in [0.5, 0.6) is 0 Å². The molecule has 1 heterocycles. The Kier molecular flexibility index (Phi) is 1.82. The van der Waals surface area contributed by atoms with Crippen LogP contribution in [0.25, 0.3) is 11.4 Å². The standard InChI is InChI=1S/C14H10N/c1-2-6-11(5-1)14-10-9-12-7-3-4-8-13(12)15-14/h1-10H/q-1. The van der Waals surface area contributed by atoms with E-state index >= 15 is 0 Å². The number of hydrogen-bond acceptors (Lipinski definition) is 0. The van der Waals surface area contributed by atoms with Crippen LogP contribution < -0.4 is 0 Å². The second kappa shape index (κ2) is 3.28. The van der Waals surface area contributed by atoms with Crippen LogP contribution >= 0.6 is 0 Å². The van der Waals surface area contributed by atoms with Crippen molar-refractivity contribution in [3.63, 3.8) is 0 Å². The summed E-state index contributed by atoms with van der Waals surface area (Å²) in [7, 11) is 0. The summed E-state index contributed by atoms with van der Waals surface area (Å²) in [4.78, 5) is 0. The van der Waals surface area contributed by atoms with Crippen molar-refractivity contribution in [1.82, 2.24) is 0 Å². The lowest BCUT2D eigenvalue weighted by Crippen LogP contribution is -1.88. The Bertz CT molecular complexity index is 502. The largest absolute Gasteiger partial charge is 0.657 e. The quantitative estimate of drug-likeness (QED) is 0.587. The number of fused-ring (bicyclic) bond motifs is 1. The number of nitrogens with zero attached hydrogens (tertiary/aromatic N) is 1. The third kappa shape index (κ3) is 1.42. The fraction of sp³-hybridized carbons (Fsp3) is 0. The Balaban J connectivity index is 2.06. The van der Waals surface area contributed by atoms with Crippen LogP contribution in [0.3, 0.4) is 0 Å². The fourth-order valence-corrected chi connectivity index (χ4v) is 1.77. The molecule has 1 heteroatoms. The number of allylic oxidation sites excluding steroid dienone is 6. The van der Waals surface area contributed by atoms with Gasteiger partial charge in [-0.25, -0.2) is 0 Å². The molecule has 3 rings (SSSR count). The first kappa shape index (κ1) is 8.30. The average molecular weight is 192 g/mol. The Morgan fingerprint density at radius 2 is 1.60 bits per heavy atom. The molecule has 0 atom stereocenters. The molecule has 72 valence electrons. The summed E-state index contributed by atoms with van der Waals surface area (Å²) in [5.41, 5.74) is 4.46. The third-order valence-electron chi connectivity index (χ3n) is 2.56. The first-order chi connectivity index (χ1) is 7.43. The summed E-state index contributed by atoms with van der Waals surface area (Å²) in [5.74, 6) is 0. The predicted molar refractivity (Wildman–Crippen MR) is 63.8 cm³/mol. The normalized spacial score (nSPS) is 16.8. The molecule has 0 unspecified atom stereocenters. The fourth-order valence-electron chi connectivity index (χ4n) is 1.77. The van der Waals surface area contributed by atoms with Gasteiger partial charge in [0.2, 0.25) is 0 Å². The molecule has 1 aliphatic carbocycles. The molecule has 0 aromatic heterocycles. The van der Waals surface area contributed by atoms with Gasteiger partial charge in [0.15, 0.2) is 0 Å². The van der Waals surface area contributed by atoms with Crippen LogP contribution in [0.15, 0.2) is 65.9 Å². The van der Waals surface area contributed by atoms with Gasteiger partial charge in [-0.2, -0.15) is 0 Å². The van der Waals surface area contributed by atoms with E-state index in [1.165, 1.54) is 11.1 Å². The lowest BCUT2D eigenvalue weighted by molar-refractivity contribution is 1.48. The molecule has 0 saturated carbocycles. The van der Waals surface area contributed by atoms with Gasteiger partial charge in [-0.05, 0) is 11.1 Å². The van der Waals surface area contributed by atoms with E-state index in [2.05, 4.69) is 35.7 Å². The molecule has 0 bridgehead atoms. The molecule has 1 aromatic rings. The number of rotatable bonds is 0. The van der Waals surface area contributed by atoms with Crippen molar-refractivity contribution in [3.8, 4) is 0 Å². The average Bonchev–Trinajstić information content (AvgIpc) is 2.82. The van der Waals surface area contributed by atoms with E-state index in [1.807, 2.05) is 30.4 Å². The smallest absolute Gasteiger partial charge is 0.0404 e. The van der Waals surface area contributed by atoms with Gasteiger partial charge in [-0.3, -0.25) is 0 Å². The molecule has 0 radical (unpaired) electrons. The number of benzene rings is 1. The van der Waals surface area contributed by atoms with E-state index in [4.69, 9.17) is 0 Å². The lowest BCUT2D eigenvalue weighted by atomic mass is 10.1. The van der Waals surface area contributed by atoms with Crippen LogP contribution in [-0.4, -0.2) is 0 Å². The molecular weight excluding hydrogens is 182 g/mol. The highest BCUT2D eigenvalue weighted by Crippen LogP contribution is 2.36. The maximum atomic E-state index is 4.62. The van der Waals surface area contributed by atoms with Gasteiger partial charge in [0.1, 0.15) is 0 Å². The van der Waals surface area contributed by atoms with Crippen molar-refractivity contribution in [2.24, 2.45) is 0 Å². The SMILES string of the molecule is C1=CC(=C2C=Cc3ccccc3[N-]2)C=C1. The van der Waals surface area contributed by atoms with Gasteiger partial charge in [0.25, 0.3) is 0 Å². The maximum absolute atomic E-state index is 4.62.